The second-order valence-corrected chi connectivity index (χ2v) is 8.73. The van der Waals surface area contributed by atoms with Gasteiger partial charge in [0.05, 0.1) is 5.69 Å². The summed E-state index contributed by atoms with van der Waals surface area (Å²) < 4.78 is 7.98. The van der Waals surface area contributed by atoms with E-state index in [4.69, 9.17) is 14.9 Å². The van der Waals surface area contributed by atoms with Crippen molar-refractivity contribution in [2.24, 2.45) is 0 Å². The number of likely N-dealkylation sites (N-methyl/N-ethyl adjacent to an activating group) is 1. The normalized spacial score (nSPS) is 11.7. The molecule has 1 heterocycles. The zero-order valence-electron chi connectivity index (χ0n) is 21.8. The van der Waals surface area contributed by atoms with Crippen LogP contribution in [0, 0.1) is 20.8 Å². The van der Waals surface area contributed by atoms with Gasteiger partial charge in [-0.2, -0.15) is 0 Å². The molecule has 0 aliphatic rings. The standard InChI is InChI=1S/C25H32N2O2.C4H4O4/c1-5-26(17-23(28)18-29-24-11-7-6-8-12-24)16-22-10-9-13-27(22)25-20(3)14-19(2)15-21(25)4;5-3(6)1-2-4(7)8/h6-15,23,28H,5,16-18H2,1-4H3;1-2H,(H,5,6)(H,7,8)/b;2-1+. The van der Waals surface area contributed by atoms with Crippen LogP contribution in [0.2, 0.25) is 0 Å². The third kappa shape index (κ3) is 9.95. The summed E-state index contributed by atoms with van der Waals surface area (Å²) in [6, 6.07) is 18.3. The molecule has 1 unspecified atom stereocenters. The topological polar surface area (TPSA) is 112 Å². The van der Waals surface area contributed by atoms with Gasteiger partial charge in [0.2, 0.25) is 0 Å². The molecule has 0 aliphatic heterocycles. The zero-order chi connectivity index (χ0) is 27.4. The van der Waals surface area contributed by atoms with E-state index in [2.05, 4.69) is 67.6 Å². The van der Waals surface area contributed by atoms with Gasteiger partial charge in [-0.1, -0.05) is 42.8 Å². The molecule has 8 heteroatoms. The number of rotatable bonds is 11. The number of carboxylic acids is 2. The maximum atomic E-state index is 10.5. The number of hydrogen-bond donors (Lipinski definition) is 3. The van der Waals surface area contributed by atoms with Gasteiger partial charge in [0.15, 0.2) is 0 Å². The van der Waals surface area contributed by atoms with Crippen LogP contribution in [-0.4, -0.2) is 62.5 Å². The molecule has 0 amide bonds. The van der Waals surface area contributed by atoms with E-state index in [9.17, 15) is 14.7 Å². The lowest BCUT2D eigenvalue weighted by Gasteiger charge is -2.25. The van der Waals surface area contributed by atoms with Crippen molar-refractivity contribution in [3.8, 4) is 11.4 Å². The molecule has 3 rings (SSSR count). The molecule has 0 aliphatic carbocycles. The molecule has 1 atom stereocenters. The van der Waals surface area contributed by atoms with E-state index in [0.717, 1.165) is 18.8 Å². The minimum Gasteiger partial charge on any atom is -0.491 e. The number of nitrogens with zero attached hydrogens (tertiary/aromatic N) is 2. The van der Waals surface area contributed by atoms with Gasteiger partial charge in [0.1, 0.15) is 18.5 Å². The summed E-state index contributed by atoms with van der Waals surface area (Å²) in [7, 11) is 0. The van der Waals surface area contributed by atoms with Gasteiger partial charge in [-0.15, -0.1) is 0 Å². The Morgan fingerprint density at radius 3 is 2.11 bits per heavy atom. The van der Waals surface area contributed by atoms with Crippen LogP contribution in [0.25, 0.3) is 5.69 Å². The second-order valence-electron chi connectivity index (χ2n) is 8.73. The Morgan fingerprint density at radius 2 is 1.57 bits per heavy atom. The molecule has 8 nitrogen and oxygen atoms in total. The highest BCUT2D eigenvalue weighted by molar-refractivity contribution is 5.89. The second kappa shape index (κ2) is 14.6. The number of para-hydroxylation sites is 1. The maximum absolute atomic E-state index is 10.5. The van der Waals surface area contributed by atoms with Crippen LogP contribution < -0.4 is 4.74 Å². The predicted octanol–water partition coefficient (Wildman–Crippen LogP) is 4.38. The Hall–Kier alpha value is -3.88. The van der Waals surface area contributed by atoms with E-state index in [-0.39, 0.29) is 6.61 Å². The summed E-state index contributed by atoms with van der Waals surface area (Å²) in [6.45, 7) is 11.1. The van der Waals surface area contributed by atoms with E-state index < -0.39 is 18.0 Å². The number of ether oxygens (including phenoxy) is 1. The van der Waals surface area contributed by atoms with Crippen molar-refractivity contribution in [1.29, 1.82) is 0 Å². The van der Waals surface area contributed by atoms with E-state index in [1.165, 1.54) is 28.1 Å². The lowest BCUT2D eigenvalue weighted by atomic mass is 10.0. The molecule has 0 bridgehead atoms. The monoisotopic (exact) mass is 508 g/mol. The third-order valence-electron chi connectivity index (χ3n) is 5.57. The summed E-state index contributed by atoms with van der Waals surface area (Å²) in [4.78, 5) is 21.4. The first-order valence-electron chi connectivity index (χ1n) is 12.1. The average Bonchev–Trinajstić information content (AvgIpc) is 3.29. The molecule has 0 spiro atoms. The smallest absolute Gasteiger partial charge is 0.328 e. The first-order chi connectivity index (χ1) is 17.6. The van der Waals surface area contributed by atoms with Crippen molar-refractivity contribution in [2.45, 2.75) is 40.3 Å². The highest BCUT2D eigenvalue weighted by Crippen LogP contribution is 2.24. The van der Waals surface area contributed by atoms with Crippen molar-refractivity contribution >= 4 is 11.9 Å². The molecule has 0 fully saturated rings. The van der Waals surface area contributed by atoms with Crippen molar-refractivity contribution < 1.29 is 29.6 Å². The number of aliphatic carboxylic acids is 2. The number of carbonyl (C=O) groups is 2. The Labute approximate surface area is 218 Å². The first kappa shape index (κ1) is 29.4. The van der Waals surface area contributed by atoms with Crippen LogP contribution in [0.1, 0.15) is 29.3 Å². The number of aryl methyl sites for hydroxylation is 3. The molecule has 37 heavy (non-hydrogen) atoms. The van der Waals surface area contributed by atoms with E-state index in [1.54, 1.807) is 0 Å². The lowest BCUT2D eigenvalue weighted by molar-refractivity contribution is -0.134. The number of aromatic nitrogens is 1. The highest BCUT2D eigenvalue weighted by Gasteiger charge is 2.15. The Morgan fingerprint density at radius 1 is 0.973 bits per heavy atom. The summed E-state index contributed by atoms with van der Waals surface area (Å²) in [5.74, 6) is -1.73. The lowest BCUT2D eigenvalue weighted by Crippen LogP contribution is -2.35. The number of hydrogen-bond acceptors (Lipinski definition) is 5. The van der Waals surface area contributed by atoms with Crippen LogP contribution in [-0.2, 0) is 16.1 Å². The molecule has 0 saturated heterocycles. The van der Waals surface area contributed by atoms with Crippen molar-refractivity contribution in [1.82, 2.24) is 9.47 Å². The average molecular weight is 509 g/mol. The Bertz CT molecular complexity index is 1150. The number of aliphatic hydroxyl groups is 1. The van der Waals surface area contributed by atoms with Gasteiger partial charge < -0.3 is 24.6 Å². The quantitative estimate of drug-likeness (QED) is 0.330. The maximum Gasteiger partial charge on any atom is 0.328 e. The molecule has 3 aromatic rings. The molecule has 198 valence electrons. The van der Waals surface area contributed by atoms with Crippen LogP contribution in [0.4, 0.5) is 0 Å². The molecule has 0 radical (unpaired) electrons. The predicted molar refractivity (Wildman–Crippen MR) is 143 cm³/mol. The van der Waals surface area contributed by atoms with E-state index in [0.29, 0.717) is 18.7 Å². The van der Waals surface area contributed by atoms with Crippen LogP contribution in [0.3, 0.4) is 0 Å². The number of carboxylic acid groups (broad SMARTS) is 2. The molecular weight excluding hydrogens is 472 g/mol. The van der Waals surface area contributed by atoms with Gasteiger partial charge >= 0.3 is 11.9 Å². The van der Waals surface area contributed by atoms with Crippen LogP contribution in [0.15, 0.2) is 72.9 Å². The van der Waals surface area contributed by atoms with Gasteiger partial charge in [0.25, 0.3) is 0 Å². The minimum atomic E-state index is -1.26. The Balaban J connectivity index is 0.000000521. The highest BCUT2D eigenvalue weighted by atomic mass is 16.5. The zero-order valence-corrected chi connectivity index (χ0v) is 21.8. The number of benzene rings is 2. The Kier molecular flexibility index (Phi) is 11.6. The fourth-order valence-corrected chi connectivity index (χ4v) is 4.05. The fourth-order valence-electron chi connectivity index (χ4n) is 4.05. The number of aliphatic hydroxyl groups excluding tert-OH is 1. The van der Waals surface area contributed by atoms with Crippen molar-refractivity contribution in [3.63, 3.8) is 0 Å². The fraction of sp³-hybridized carbons (Fsp3) is 0.310. The first-order valence-corrected chi connectivity index (χ1v) is 12.1. The molecular formula is C29H36N2O6. The van der Waals surface area contributed by atoms with Gasteiger partial charge in [-0.25, -0.2) is 9.59 Å². The third-order valence-corrected chi connectivity index (χ3v) is 5.57. The summed E-state index contributed by atoms with van der Waals surface area (Å²) in [6.07, 6.45) is 2.70. The molecule has 0 saturated carbocycles. The largest absolute Gasteiger partial charge is 0.491 e. The molecule has 3 N–H and O–H groups in total. The van der Waals surface area contributed by atoms with Gasteiger partial charge in [0, 0.05) is 37.1 Å². The van der Waals surface area contributed by atoms with Crippen LogP contribution in [0.5, 0.6) is 5.75 Å². The van der Waals surface area contributed by atoms with E-state index >= 15 is 0 Å². The van der Waals surface area contributed by atoms with Crippen molar-refractivity contribution in [2.75, 3.05) is 19.7 Å². The molecule has 1 aromatic heterocycles. The van der Waals surface area contributed by atoms with Gasteiger partial charge in [-0.3, -0.25) is 4.90 Å². The summed E-state index contributed by atoms with van der Waals surface area (Å²) in [5.41, 5.74) is 6.31. The van der Waals surface area contributed by atoms with Gasteiger partial charge in [-0.05, 0) is 62.7 Å². The van der Waals surface area contributed by atoms with Crippen LogP contribution >= 0.6 is 0 Å². The SMILES string of the molecule is CCN(Cc1cccn1-c1c(C)cc(C)cc1C)CC(O)COc1ccccc1.O=C(O)/C=C/C(=O)O. The molecule has 2 aromatic carbocycles. The summed E-state index contributed by atoms with van der Waals surface area (Å²) in [5, 5.41) is 26.1. The van der Waals surface area contributed by atoms with E-state index in [1.807, 2.05) is 30.3 Å². The van der Waals surface area contributed by atoms with Crippen molar-refractivity contribution in [3.05, 3.63) is 95.3 Å². The minimum absolute atomic E-state index is 0.289. The summed E-state index contributed by atoms with van der Waals surface area (Å²) >= 11 is 0.